The Morgan fingerprint density at radius 2 is 1.83 bits per heavy atom. The third-order valence-electron chi connectivity index (χ3n) is 5.25. The van der Waals surface area contributed by atoms with Gasteiger partial charge in [0.15, 0.2) is 15.0 Å². The number of sulfone groups is 1. The Bertz CT molecular complexity index is 1160. The highest BCUT2D eigenvalue weighted by molar-refractivity contribution is 7.92. The second-order valence-corrected chi connectivity index (χ2v) is 10.9. The van der Waals surface area contributed by atoms with Crippen LogP contribution < -0.4 is 9.64 Å². The fourth-order valence-corrected chi connectivity index (χ4v) is 6.59. The molecule has 0 spiro atoms. The smallest absolute Gasteiger partial charge is 0.185 e. The molecule has 0 radical (unpaired) electrons. The zero-order chi connectivity index (χ0) is 21.3. The highest BCUT2D eigenvalue weighted by Gasteiger charge is 2.32. The first-order chi connectivity index (χ1) is 14.4. The molecule has 1 aliphatic heterocycles. The van der Waals surface area contributed by atoms with Crippen molar-refractivity contribution in [1.82, 2.24) is 4.98 Å². The number of benzene rings is 2. The number of aromatic nitrogens is 1. The van der Waals surface area contributed by atoms with Crippen LogP contribution in [0.2, 0.25) is 10.0 Å². The molecule has 1 aliphatic rings. The summed E-state index contributed by atoms with van der Waals surface area (Å²) in [5.74, 6) is 0.778. The summed E-state index contributed by atoms with van der Waals surface area (Å²) in [6, 6.07) is 12.3. The van der Waals surface area contributed by atoms with E-state index >= 15 is 0 Å². The van der Waals surface area contributed by atoms with E-state index in [9.17, 15) is 8.42 Å². The fraction of sp³-hybridized carbons (Fsp3) is 0.286. The molecule has 0 N–H and O–H groups in total. The molecule has 4 rings (SSSR count). The first kappa shape index (κ1) is 21.4. The summed E-state index contributed by atoms with van der Waals surface area (Å²) >= 11 is 13.5. The Hall–Kier alpha value is -1.80. The van der Waals surface area contributed by atoms with Crippen LogP contribution in [0.4, 0.5) is 5.13 Å². The number of para-hydroxylation sites is 1. The van der Waals surface area contributed by atoms with Gasteiger partial charge in [0.05, 0.1) is 33.0 Å². The maximum Gasteiger partial charge on any atom is 0.185 e. The van der Waals surface area contributed by atoms with Crippen LogP contribution in [-0.2, 0) is 9.84 Å². The summed E-state index contributed by atoms with van der Waals surface area (Å²) in [6.45, 7) is 1.26. The summed E-state index contributed by atoms with van der Waals surface area (Å²) in [5.41, 5.74) is 1.80. The van der Waals surface area contributed by atoms with Crippen LogP contribution in [0.5, 0.6) is 5.75 Å². The summed E-state index contributed by atoms with van der Waals surface area (Å²) in [7, 11) is -1.81. The van der Waals surface area contributed by atoms with Gasteiger partial charge in [-0.2, -0.15) is 0 Å². The minimum atomic E-state index is -3.46. The number of anilines is 1. The molecule has 2 aromatic carbocycles. The average molecular weight is 483 g/mol. The molecule has 0 amide bonds. The Kier molecular flexibility index (Phi) is 6.25. The molecule has 5 nitrogen and oxygen atoms in total. The van der Waals surface area contributed by atoms with E-state index in [1.165, 1.54) is 18.2 Å². The lowest BCUT2D eigenvalue weighted by molar-refractivity contribution is 0.416. The number of ether oxygens (including phenoxy) is 1. The highest BCUT2D eigenvalue weighted by atomic mass is 35.5. The highest BCUT2D eigenvalue weighted by Crippen LogP contribution is 2.35. The second kappa shape index (κ2) is 8.75. The molecule has 1 saturated heterocycles. The Morgan fingerprint density at radius 3 is 2.53 bits per heavy atom. The normalized spacial score (nSPS) is 15.4. The van der Waals surface area contributed by atoms with Gasteiger partial charge in [-0.3, -0.25) is 0 Å². The number of nitrogens with zero attached hydrogens (tertiary/aromatic N) is 2. The number of rotatable bonds is 5. The van der Waals surface area contributed by atoms with Gasteiger partial charge in [-0.05, 0) is 43.2 Å². The lowest BCUT2D eigenvalue weighted by atomic mass is 10.1. The number of hydrogen-bond donors (Lipinski definition) is 0. The van der Waals surface area contributed by atoms with Gasteiger partial charge in [0.1, 0.15) is 5.75 Å². The van der Waals surface area contributed by atoms with Crippen molar-refractivity contribution in [2.45, 2.75) is 23.0 Å². The van der Waals surface area contributed by atoms with Crippen LogP contribution in [0, 0.1) is 0 Å². The van der Waals surface area contributed by atoms with Crippen molar-refractivity contribution in [3.8, 4) is 17.0 Å². The Labute approximate surface area is 190 Å². The second-order valence-electron chi connectivity index (χ2n) is 7.02. The monoisotopic (exact) mass is 482 g/mol. The number of hydrogen-bond acceptors (Lipinski definition) is 6. The van der Waals surface area contributed by atoms with Gasteiger partial charge < -0.3 is 9.64 Å². The molecule has 30 heavy (non-hydrogen) atoms. The van der Waals surface area contributed by atoms with Crippen LogP contribution >= 0.6 is 34.5 Å². The van der Waals surface area contributed by atoms with Gasteiger partial charge in [0, 0.05) is 24.0 Å². The number of methoxy groups -OCH3 is 1. The first-order valence-electron chi connectivity index (χ1n) is 9.43. The van der Waals surface area contributed by atoms with E-state index in [0.29, 0.717) is 31.0 Å². The van der Waals surface area contributed by atoms with E-state index in [2.05, 4.69) is 4.90 Å². The third-order valence-corrected chi connectivity index (χ3v) is 9.15. The van der Waals surface area contributed by atoms with Crippen molar-refractivity contribution >= 4 is 49.5 Å². The van der Waals surface area contributed by atoms with Crippen LogP contribution in [0.25, 0.3) is 11.3 Å². The molecule has 0 aliphatic carbocycles. The lowest BCUT2D eigenvalue weighted by Gasteiger charge is -2.31. The summed E-state index contributed by atoms with van der Waals surface area (Å²) < 4.78 is 31.4. The van der Waals surface area contributed by atoms with Gasteiger partial charge in [-0.15, -0.1) is 11.3 Å². The van der Waals surface area contributed by atoms with Crippen molar-refractivity contribution in [2.24, 2.45) is 0 Å². The van der Waals surface area contributed by atoms with E-state index in [4.69, 9.17) is 32.9 Å². The number of thiazole rings is 1. The average Bonchev–Trinajstić information content (AvgIpc) is 3.25. The quantitative estimate of drug-likeness (QED) is 0.475. The summed E-state index contributed by atoms with van der Waals surface area (Å²) in [6.07, 6.45) is 1.07. The van der Waals surface area contributed by atoms with Gasteiger partial charge in [-0.1, -0.05) is 35.3 Å². The van der Waals surface area contributed by atoms with Gasteiger partial charge in [-0.25, -0.2) is 13.4 Å². The molecule has 1 aromatic heterocycles. The Morgan fingerprint density at radius 1 is 1.10 bits per heavy atom. The first-order valence-corrected chi connectivity index (χ1v) is 12.6. The topological polar surface area (TPSA) is 59.5 Å². The lowest BCUT2D eigenvalue weighted by Crippen LogP contribution is -2.39. The molecule has 0 bridgehead atoms. The van der Waals surface area contributed by atoms with E-state index in [-0.39, 0.29) is 9.92 Å². The largest absolute Gasteiger partial charge is 0.496 e. The number of halogens is 2. The van der Waals surface area contributed by atoms with Crippen molar-refractivity contribution < 1.29 is 13.2 Å². The zero-order valence-electron chi connectivity index (χ0n) is 16.2. The predicted octanol–water partition coefficient (Wildman–Crippen LogP) is 5.57. The molecule has 9 heteroatoms. The van der Waals surface area contributed by atoms with Gasteiger partial charge in [0.25, 0.3) is 0 Å². The standard InChI is InChI=1S/C21H20Cl2N2O3S2/c1-28-20-5-3-2-4-16(20)19-13-29-21(24-19)25-10-8-14(9-11-25)30(26,27)15-6-7-17(22)18(23)12-15/h2-7,12-14H,8-11H2,1H3. The fourth-order valence-electron chi connectivity index (χ4n) is 3.59. The van der Waals surface area contributed by atoms with Crippen molar-refractivity contribution in [1.29, 1.82) is 0 Å². The SMILES string of the molecule is COc1ccccc1-c1csc(N2CCC(S(=O)(=O)c3ccc(Cl)c(Cl)c3)CC2)n1. The van der Waals surface area contributed by atoms with E-state index in [1.807, 2.05) is 29.6 Å². The maximum atomic E-state index is 13.0. The van der Waals surface area contributed by atoms with E-state index < -0.39 is 15.1 Å². The molecular weight excluding hydrogens is 463 g/mol. The third kappa shape index (κ3) is 4.17. The number of piperidine rings is 1. The molecule has 1 fully saturated rings. The minimum Gasteiger partial charge on any atom is -0.496 e. The van der Waals surface area contributed by atoms with Crippen molar-refractivity contribution in [3.63, 3.8) is 0 Å². The summed E-state index contributed by atoms with van der Waals surface area (Å²) in [4.78, 5) is 7.13. The van der Waals surface area contributed by atoms with Crippen molar-refractivity contribution in [3.05, 3.63) is 57.9 Å². The van der Waals surface area contributed by atoms with E-state index in [1.54, 1.807) is 18.4 Å². The molecular formula is C21H20Cl2N2O3S2. The Balaban J connectivity index is 1.47. The zero-order valence-corrected chi connectivity index (χ0v) is 19.4. The molecule has 2 heterocycles. The van der Waals surface area contributed by atoms with Gasteiger partial charge >= 0.3 is 0 Å². The minimum absolute atomic E-state index is 0.225. The van der Waals surface area contributed by atoms with Crippen LogP contribution in [-0.4, -0.2) is 38.9 Å². The maximum absolute atomic E-state index is 13.0. The van der Waals surface area contributed by atoms with Gasteiger partial charge in [0.2, 0.25) is 0 Å². The molecule has 3 aromatic rings. The molecule has 0 saturated carbocycles. The van der Waals surface area contributed by atoms with Crippen molar-refractivity contribution in [2.75, 3.05) is 25.1 Å². The molecule has 158 valence electrons. The molecule has 0 unspecified atom stereocenters. The van der Waals surface area contributed by atoms with Crippen LogP contribution in [0.3, 0.4) is 0 Å². The molecule has 0 atom stereocenters. The predicted molar refractivity (Wildman–Crippen MR) is 123 cm³/mol. The van der Waals surface area contributed by atoms with Crippen LogP contribution in [0.1, 0.15) is 12.8 Å². The van der Waals surface area contributed by atoms with E-state index in [0.717, 1.165) is 22.1 Å². The van der Waals surface area contributed by atoms with Crippen LogP contribution in [0.15, 0.2) is 52.7 Å². The summed E-state index contributed by atoms with van der Waals surface area (Å²) in [5, 5.41) is 3.05.